The molecule has 1 aromatic rings. The molecule has 1 unspecified atom stereocenters. The zero-order valence-electron chi connectivity index (χ0n) is 7.07. The Morgan fingerprint density at radius 1 is 1.73 bits per heavy atom. The number of rotatable bonds is 0. The molecule has 0 saturated carbocycles. The van der Waals surface area contributed by atoms with Crippen molar-refractivity contribution in [1.82, 2.24) is 9.97 Å². The van der Waals surface area contributed by atoms with Gasteiger partial charge in [-0.05, 0) is 6.92 Å². The number of fused-ring (bicyclic) bond motifs is 1. The predicted molar refractivity (Wildman–Crippen MR) is 42.6 cm³/mol. The third kappa shape index (κ3) is 1.07. The van der Waals surface area contributed by atoms with Crippen LogP contribution in [0, 0.1) is 6.92 Å². The quantitative estimate of drug-likeness (QED) is 0.591. The zero-order chi connectivity index (χ0) is 8.55. The molecule has 4 nitrogen and oxygen atoms in total. The Labute approximate surface area is 65.8 Å². The fourth-order valence-corrected chi connectivity index (χ4v) is 0.905. The van der Waals surface area contributed by atoms with Crippen molar-refractivity contribution in [2.45, 2.75) is 13.4 Å². The van der Waals surface area contributed by atoms with Crippen molar-refractivity contribution < 1.29 is 1.37 Å². The van der Waals surface area contributed by atoms with Gasteiger partial charge in [-0.2, -0.15) is 0 Å². The van der Waals surface area contributed by atoms with Crippen LogP contribution in [0.25, 0.3) is 0 Å². The van der Waals surface area contributed by atoms with E-state index >= 15 is 0 Å². The second-order valence-electron chi connectivity index (χ2n) is 2.27. The summed E-state index contributed by atoms with van der Waals surface area (Å²) in [5.74, 6) is 1.39. The molecule has 56 valence electrons. The zero-order valence-corrected chi connectivity index (χ0v) is 6.07. The Kier molecular flexibility index (Phi) is 1.10. The molecular weight excluding hydrogens is 140 g/mol. The molecule has 1 N–H and O–H groups in total. The number of hydrogen-bond donors (Lipinski definition) is 1. The van der Waals surface area contributed by atoms with E-state index in [1.807, 2.05) is 6.92 Å². The van der Waals surface area contributed by atoms with Gasteiger partial charge in [-0.25, -0.2) is 9.97 Å². The van der Waals surface area contributed by atoms with Crippen LogP contribution in [-0.4, -0.2) is 16.3 Å². The van der Waals surface area contributed by atoms with Gasteiger partial charge in [-0.15, -0.1) is 0 Å². The Balaban J connectivity index is 2.51. The summed E-state index contributed by atoms with van der Waals surface area (Å²) in [7, 11) is 0. The Hall–Kier alpha value is -1.45. The summed E-state index contributed by atoms with van der Waals surface area (Å²) in [6, 6.07) is 0. The van der Waals surface area contributed by atoms with Gasteiger partial charge in [0.25, 0.3) is 0 Å². The number of anilines is 1. The molecule has 1 aliphatic heterocycles. The smallest absolute Gasteiger partial charge is 0.139 e. The highest BCUT2D eigenvalue weighted by molar-refractivity contribution is 5.77. The lowest BCUT2D eigenvalue weighted by atomic mass is 10.3. The molecule has 0 aliphatic carbocycles. The first kappa shape index (κ1) is 5.23. The molecule has 0 amide bonds. The van der Waals surface area contributed by atoms with Crippen molar-refractivity contribution in [3.63, 3.8) is 0 Å². The van der Waals surface area contributed by atoms with Crippen molar-refractivity contribution in [3.8, 4) is 0 Å². The van der Waals surface area contributed by atoms with Crippen LogP contribution in [0.5, 0.6) is 0 Å². The van der Waals surface area contributed by atoms with Gasteiger partial charge in [-0.3, -0.25) is 4.99 Å². The predicted octanol–water partition coefficient (Wildman–Crippen LogP) is 0.739. The van der Waals surface area contributed by atoms with Crippen LogP contribution in [0.4, 0.5) is 5.82 Å². The molecule has 0 bridgehead atoms. The van der Waals surface area contributed by atoms with Gasteiger partial charge in [-0.1, -0.05) is 0 Å². The van der Waals surface area contributed by atoms with Gasteiger partial charge in [0.15, 0.2) is 0 Å². The highest BCUT2D eigenvalue weighted by atomic mass is 15.1. The van der Waals surface area contributed by atoms with E-state index < -0.39 is 6.52 Å². The molecule has 11 heavy (non-hydrogen) atoms. The second-order valence-corrected chi connectivity index (χ2v) is 2.27. The van der Waals surface area contributed by atoms with Crippen LogP contribution in [0.15, 0.2) is 11.2 Å². The van der Waals surface area contributed by atoms with Crippen LogP contribution in [-0.2, 0) is 6.52 Å². The third-order valence-corrected chi connectivity index (χ3v) is 1.43. The normalized spacial score (nSPS) is 21.9. The number of aliphatic imine (C=N–C) groups is 1. The maximum Gasteiger partial charge on any atom is 0.139 e. The molecule has 0 aromatic carbocycles. The summed E-state index contributed by atoms with van der Waals surface area (Å²) >= 11 is 0. The van der Waals surface area contributed by atoms with Gasteiger partial charge in [0.1, 0.15) is 11.6 Å². The number of hydrogen-bond acceptors (Lipinski definition) is 4. The van der Waals surface area contributed by atoms with E-state index in [-0.39, 0.29) is 0 Å². The van der Waals surface area contributed by atoms with E-state index in [1.165, 1.54) is 6.34 Å². The van der Waals surface area contributed by atoms with Gasteiger partial charge in [0.2, 0.25) is 0 Å². The van der Waals surface area contributed by atoms with E-state index in [2.05, 4.69) is 20.3 Å². The van der Waals surface area contributed by atoms with Gasteiger partial charge in [0, 0.05) is 11.8 Å². The lowest BCUT2D eigenvalue weighted by molar-refractivity contribution is 0.964. The fraction of sp³-hybridized carbons (Fsp3) is 0.286. The van der Waals surface area contributed by atoms with Crippen LogP contribution in [0.3, 0.4) is 0 Å². The Morgan fingerprint density at radius 3 is 3.55 bits per heavy atom. The summed E-state index contributed by atoms with van der Waals surface area (Å²) in [6.45, 7) is 1.23. The molecular formula is C7H8N4. The van der Waals surface area contributed by atoms with Crippen molar-refractivity contribution in [1.29, 1.82) is 0 Å². The first-order chi connectivity index (χ1) is 5.77. The topological polar surface area (TPSA) is 50.2 Å². The van der Waals surface area contributed by atoms with Gasteiger partial charge in [0.05, 0.1) is 14.2 Å². The maximum absolute atomic E-state index is 7.51. The van der Waals surface area contributed by atoms with E-state index in [1.54, 1.807) is 6.20 Å². The fourth-order valence-electron chi connectivity index (χ4n) is 0.905. The van der Waals surface area contributed by atoms with E-state index in [9.17, 15) is 0 Å². The molecule has 4 heteroatoms. The summed E-state index contributed by atoms with van der Waals surface area (Å²) in [6.07, 6.45) is 3.13. The molecule has 1 atom stereocenters. The van der Waals surface area contributed by atoms with Crippen molar-refractivity contribution in [3.05, 3.63) is 17.6 Å². The maximum atomic E-state index is 7.51. The average molecular weight is 149 g/mol. The summed E-state index contributed by atoms with van der Waals surface area (Å²) in [4.78, 5) is 12.0. The van der Waals surface area contributed by atoms with Gasteiger partial charge >= 0.3 is 0 Å². The minimum Gasteiger partial charge on any atom is -0.331 e. The summed E-state index contributed by atoms with van der Waals surface area (Å²) in [5.41, 5.74) is 0.725. The van der Waals surface area contributed by atoms with Crippen LogP contribution < -0.4 is 5.32 Å². The lowest BCUT2D eigenvalue weighted by Gasteiger charge is -2.09. The number of aromatic nitrogens is 2. The molecule has 1 aliphatic rings. The SMILES string of the molecule is [2H]C1N=CNc2nc(C)ncc21. The van der Waals surface area contributed by atoms with Crippen LogP contribution in [0.2, 0.25) is 0 Å². The minimum absolute atomic E-state index is 0.582. The molecule has 2 heterocycles. The number of aryl methyl sites for hydroxylation is 1. The van der Waals surface area contributed by atoms with Crippen molar-refractivity contribution >= 4 is 12.2 Å². The monoisotopic (exact) mass is 149 g/mol. The van der Waals surface area contributed by atoms with Crippen molar-refractivity contribution in [2.24, 2.45) is 4.99 Å². The van der Waals surface area contributed by atoms with Crippen LogP contribution >= 0.6 is 0 Å². The Bertz CT molecular complexity index is 336. The highest BCUT2D eigenvalue weighted by Gasteiger charge is 2.05. The number of nitrogens with zero attached hydrogens (tertiary/aromatic N) is 3. The van der Waals surface area contributed by atoms with Gasteiger partial charge < -0.3 is 5.32 Å². The first-order valence-corrected chi connectivity index (χ1v) is 3.31. The summed E-state index contributed by atoms with van der Waals surface area (Å²) in [5, 5.41) is 2.87. The molecule has 1 aromatic heterocycles. The molecule has 2 rings (SSSR count). The van der Waals surface area contributed by atoms with Crippen molar-refractivity contribution in [2.75, 3.05) is 5.32 Å². The largest absolute Gasteiger partial charge is 0.331 e. The highest BCUT2D eigenvalue weighted by Crippen LogP contribution is 2.14. The molecule has 0 radical (unpaired) electrons. The lowest BCUT2D eigenvalue weighted by Crippen LogP contribution is -2.08. The molecule has 0 saturated heterocycles. The molecule has 0 fully saturated rings. The van der Waals surface area contributed by atoms with E-state index in [0.717, 1.165) is 5.56 Å². The first-order valence-electron chi connectivity index (χ1n) is 3.89. The third-order valence-electron chi connectivity index (χ3n) is 1.43. The minimum atomic E-state index is -0.582. The summed E-state index contributed by atoms with van der Waals surface area (Å²) < 4.78 is 7.51. The molecule has 0 spiro atoms. The average Bonchev–Trinajstić information content (AvgIpc) is 2.04. The number of nitrogens with one attached hydrogen (secondary N) is 1. The Morgan fingerprint density at radius 2 is 2.64 bits per heavy atom. The van der Waals surface area contributed by atoms with Crippen LogP contribution in [0.1, 0.15) is 12.8 Å². The van der Waals surface area contributed by atoms with E-state index in [4.69, 9.17) is 1.37 Å². The standard InChI is InChI=1S/C7H8N4/c1-5-9-3-6-2-8-4-10-7(6)11-5/h3-4H,2H2,1H3,(H,8,9,10,11)/i2D. The second kappa shape index (κ2) is 2.30. The van der Waals surface area contributed by atoms with E-state index in [0.29, 0.717) is 11.6 Å².